The molecule has 0 bridgehead atoms. The third kappa shape index (κ3) is 1.03. The van der Waals surface area contributed by atoms with Crippen LogP contribution in [-0.4, -0.2) is 9.19 Å². The Kier molecular flexibility index (Phi) is 1.42. The van der Waals surface area contributed by atoms with Gasteiger partial charge in [-0.05, 0) is 11.6 Å². The molecular weight excluding hydrogens is 160 g/mol. The molecule has 1 aliphatic heterocycles. The largest absolute Gasteiger partial charge is 0.383 e. The second kappa shape index (κ2) is 2.30. The van der Waals surface area contributed by atoms with Crippen molar-refractivity contribution in [3.8, 4) is 0 Å². The molecule has 2 heterocycles. The summed E-state index contributed by atoms with van der Waals surface area (Å²) in [7, 11) is -0.750. The predicted molar refractivity (Wildman–Crippen MR) is 44.2 cm³/mol. The SMILES string of the molecule is Nc1nccc2c1CS(=O)C2. The van der Waals surface area contributed by atoms with E-state index in [9.17, 15) is 4.21 Å². The molecule has 2 N–H and O–H groups in total. The highest BCUT2D eigenvalue weighted by Crippen LogP contribution is 2.24. The average molecular weight is 168 g/mol. The molecular formula is C7H8N2OS. The smallest absolute Gasteiger partial charge is 0.127 e. The molecule has 0 amide bonds. The van der Waals surface area contributed by atoms with Gasteiger partial charge in [0.05, 0.1) is 5.75 Å². The van der Waals surface area contributed by atoms with Crippen molar-refractivity contribution < 1.29 is 4.21 Å². The van der Waals surface area contributed by atoms with Crippen LogP contribution in [0.1, 0.15) is 11.1 Å². The molecule has 1 aliphatic rings. The topological polar surface area (TPSA) is 56.0 Å². The van der Waals surface area contributed by atoms with Gasteiger partial charge in [0.15, 0.2) is 0 Å². The number of nitrogens with zero attached hydrogens (tertiary/aromatic N) is 1. The van der Waals surface area contributed by atoms with Gasteiger partial charge in [-0.1, -0.05) is 0 Å². The highest BCUT2D eigenvalue weighted by molar-refractivity contribution is 7.83. The summed E-state index contributed by atoms with van der Waals surface area (Å²) in [5, 5.41) is 0. The molecule has 1 unspecified atom stereocenters. The number of hydrogen-bond donors (Lipinski definition) is 1. The Morgan fingerprint density at radius 2 is 2.36 bits per heavy atom. The van der Waals surface area contributed by atoms with Crippen LogP contribution in [0.2, 0.25) is 0 Å². The summed E-state index contributed by atoms with van der Waals surface area (Å²) in [6.45, 7) is 0. The zero-order valence-corrected chi connectivity index (χ0v) is 6.73. The molecule has 1 atom stereocenters. The molecule has 4 heteroatoms. The van der Waals surface area contributed by atoms with E-state index in [4.69, 9.17) is 5.73 Å². The minimum Gasteiger partial charge on any atom is -0.383 e. The fourth-order valence-corrected chi connectivity index (χ4v) is 2.61. The molecule has 0 saturated heterocycles. The van der Waals surface area contributed by atoms with Gasteiger partial charge in [-0.15, -0.1) is 0 Å². The lowest BCUT2D eigenvalue weighted by atomic mass is 10.2. The van der Waals surface area contributed by atoms with Crippen LogP contribution in [0.3, 0.4) is 0 Å². The van der Waals surface area contributed by atoms with Gasteiger partial charge in [-0.2, -0.15) is 0 Å². The zero-order chi connectivity index (χ0) is 7.84. The first kappa shape index (κ1) is 6.79. The highest BCUT2D eigenvalue weighted by atomic mass is 32.2. The van der Waals surface area contributed by atoms with Crippen LogP contribution in [0.5, 0.6) is 0 Å². The molecule has 0 aromatic carbocycles. The Hall–Kier alpha value is -0.900. The lowest BCUT2D eigenvalue weighted by molar-refractivity contribution is 0.684. The Balaban J connectivity index is 2.57. The summed E-state index contributed by atoms with van der Waals surface area (Å²) < 4.78 is 11.1. The van der Waals surface area contributed by atoms with Crippen molar-refractivity contribution in [3.05, 3.63) is 23.4 Å². The molecule has 0 saturated carbocycles. The minimum atomic E-state index is -0.750. The van der Waals surface area contributed by atoms with E-state index in [1.165, 1.54) is 0 Å². The fourth-order valence-electron chi connectivity index (χ4n) is 1.24. The minimum absolute atomic E-state index is 0.536. The number of aromatic nitrogens is 1. The van der Waals surface area contributed by atoms with Gasteiger partial charge in [0.1, 0.15) is 5.82 Å². The monoisotopic (exact) mass is 168 g/mol. The van der Waals surface area contributed by atoms with Gasteiger partial charge >= 0.3 is 0 Å². The van der Waals surface area contributed by atoms with E-state index >= 15 is 0 Å². The van der Waals surface area contributed by atoms with Crippen LogP contribution < -0.4 is 5.73 Å². The summed E-state index contributed by atoms with van der Waals surface area (Å²) in [5.74, 6) is 1.75. The number of anilines is 1. The Morgan fingerprint density at radius 1 is 1.55 bits per heavy atom. The number of nitrogens with two attached hydrogens (primary N) is 1. The first-order chi connectivity index (χ1) is 5.27. The van der Waals surface area contributed by atoms with Crippen LogP contribution in [0.25, 0.3) is 0 Å². The summed E-state index contributed by atoms with van der Waals surface area (Å²) in [6.07, 6.45) is 1.66. The normalized spacial score (nSPS) is 21.6. The van der Waals surface area contributed by atoms with Crippen molar-refractivity contribution in [2.45, 2.75) is 11.5 Å². The van der Waals surface area contributed by atoms with Crippen LogP contribution >= 0.6 is 0 Å². The van der Waals surface area contributed by atoms with Gasteiger partial charge in [-0.25, -0.2) is 4.98 Å². The molecule has 0 aliphatic carbocycles. The van der Waals surface area contributed by atoms with Crippen molar-refractivity contribution in [1.82, 2.24) is 4.98 Å². The summed E-state index contributed by atoms with van der Waals surface area (Å²) in [4.78, 5) is 3.93. The van der Waals surface area contributed by atoms with Crippen molar-refractivity contribution >= 4 is 16.6 Å². The number of rotatable bonds is 0. The van der Waals surface area contributed by atoms with E-state index in [-0.39, 0.29) is 0 Å². The van der Waals surface area contributed by atoms with Crippen molar-refractivity contribution in [2.75, 3.05) is 5.73 Å². The molecule has 3 nitrogen and oxygen atoms in total. The van der Waals surface area contributed by atoms with Crippen molar-refractivity contribution in [3.63, 3.8) is 0 Å². The fraction of sp³-hybridized carbons (Fsp3) is 0.286. The summed E-state index contributed by atoms with van der Waals surface area (Å²) >= 11 is 0. The predicted octanol–water partition coefficient (Wildman–Crippen LogP) is 0.426. The quantitative estimate of drug-likeness (QED) is 0.611. The molecule has 58 valence electrons. The maximum Gasteiger partial charge on any atom is 0.127 e. The third-order valence-electron chi connectivity index (χ3n) is 1.81. The van der Waals surface area contributed by atoms with E-state index < -0.39 is 10.8 Å². The van der Waals surface area contributed by atoms with Crippen LogP contribution in [0.4, 0.5) is 5.82 Å². The molecule has 0 fully saturated rings. The van der Waals surface area contributed by atoms with Gasteiger partial charge in [0.25, 0.3) is 0 Å². The second-order valence-corrected chi connectivity index (χ2v) is 4.02. The van der Waals surface area contributed by atoms with E-state index in [0.29, 0.717) is 17.3 Å². The Bertz CT molecular complexity index is 324. The number of nitrogen functional groups attached to an aromatic ring is 1. The lowest BCUT2D eigenvalue weighted by Gasteiger charge is -1.98. The van der Waals surface area contributed by atoms with E-state index in [0.717, 1.165) is 11.1 Å². The van der Waals surface area contributed by atoms with Crippen LogP contribution in [-0.2, 0) is 22.3 Å². The van der Waals surface area contributed by atoms with Crippen molar-refractivity contribution in [1.29, 1.82) is 0 Å². The summed E-state index contributed by atoms with van der Waals surface area (Å²) in [5.41, 5.74) is 7.66. The van der Waals surface area contributed by atoms with E-state index in [1.54, 1.807) is 6.20 Å². The number of hydrogen-bond acceptors (Lipinski definition) is 3. The Labute approximate surface area is 67.1 Å². The third-order valence-corrected chi connectivity index (χ3v) is 3.05. The maximum atomic E-state index is 11.1. The Morgan fingerprint density at radius 3 is 3.09 bits per heavy atom. The zero-order valence-electron chi connectivity index (χ0n) is 5.91. The van der Waals surface area contributed by atoms with Crippen molar-refractivity contribution in [2.24, 2.45) is 0 Å². The summed E-state index contributed by atoms with van der Waals surface area (Å²) in [6, 6.07) is 1.89. The van der Waals surface area contributed by atoms with E-state index in [1.807, 2.05) is 6.07 Å². The highest BCUT2D eigenvalue weighted by Gasteiger charge is 2.19. The van der Waals surface area contributed by atoms with Crippen LogP contribution in [0, 0.1) is 0 Å². The molecule has 0 spiro atoms. The van der Waals surface area contributed by atoms with Gasteiger partial charge in [0, 0.05) is 28.3 Å². The lowest BCUT2D eigenvalue weighted by Crippen LogP contribution is -1.95. The first-order valence-corrected chi connectivity index (χ1v) is 4.83. The average Bonchev–Trinajstić information content (AvgIpc) is 2.31. The molecule has 1 aromatic heterocycles. The molecule has 2 rings (SSSR count). The first-order valence-electron chi connectivity index (χ1n) is 3.34. The standard InChI is InChI=1S/C7H8N2OS/c8-7-6-4-11(10)3-5(6)1-2-9-7/h1-2H,3-4H2,(H2,8,9). The van der Waals surface area contributed by atoms with Gasteiger partial charge in [0.2, 0.25) is 0 Å². The second-order valence-electron chi connectivity index (χ2n) is 2.56. The van der Waals surface area contributed by atoms with Crippen LogP contribution in [0.15, 0.2) is 12.3 Å². The molecule has 11 heavy (non-hydrogen) atoms. The number of pyridine rings is 1. The molecule has 0 radical (unpaired) electrons. The van der Waals surface area contributed by atoms with E-state index in [2.05, 4.69) is 4.98 Å². The van der Waals surface area contributed by atoms with Gasteiger partial charge < -0.3 is 5.73 Å². The number of fused-ring (bicyclic) bond motifs is 1. The molecule has 1 aromatic rings. The van der Waals surface area contributed by atoms with Gasteiger partial charge in [-0.3, -0.25) is 4.21 Å². The maximum absolute atomic E-state index is 11.1.